The number of likely N-dealkylation sites (N-methyl/N-ethyl adjacent to an activating group) is 1. The molecule has 1 saturated carbocycles. The molecule has 0 radical (unpaired) electrons. The largest absolute Gasteiger partial charge is 0.497 e. The summed E-state index contributed by atoms with van der Waals surface area (Å²) in [4.78, 5) is 0.642. The Morgan fingerprint density at radius 2 is 2.05 bits per heavy atom. The number of rotatable bonds is 5. The molecule has 0 bridgehead atoms. The van der Waals surface area contributed by atoms with Gasteiger partial charge in [-0.05, 0) is 44.5 Å². The smallest absolute Gasteiger partial charge is 0.118 e. The lowest BCUT2D eigenvalue weighted by molar-refractivity contribution is -0.0277. The van der Waals surface area contributed by atoms with Crippen LogP contribution in [-0.4, -0.2) is 43.2 Å². The van der Waals surface area contributed by atoms with Crippen molar-refractivity contribution in [3.8, 4) is 5.75 Å². The Morgan fingerprint density at radius 3 is 2.65 bits per heavy atom. The minimum Gasteiger partial charge on any atom is -0.497 e. The van der Waals surface area contributed by atoms with Crippen molar-refractivity contribution in [2.75, 3.05) is 27.6 Å². The summed E-state index contributed by atoms with van der Waals surface area (Å²) < 4.78 is 131. The first-order valence-corrected chi connectivity index (χ1v) is 5.93. The molecule has 3 nitrogen and oxygen atoms in total. The van der Waals surface area contributed by atoms with Crippen LogP contribution in [0, 0.1) is 0 Å². The van der Waals surface area contributed by atoms with E-state index in [0.29, 0.717) is 4.90 Å². The Labute approximate surface area is 145 Å². The molecule has 1 aromatic rings. The minimum absolute atomic E-state index is 0.201. The number of methoxy groups -OCH3 is 1. The van der Waals surface area contributed by atoms with Crippen molar-refractivity contribution in [2.24, 2.45) is 0 Å². The van der Waals surface area contributed by atoms with Crippen LogP contribution in [0.15, 0.2) is 24.3 Å². The van der Waals surface area contributed by atoms with Crippen LogP contribution in [0.25, 0.3) is 0 Å². The Kier molecular flexibility index (Phi) is 1.56. The van der Waals surface area contributed by atoms with Crippen molar-refractivity contribution < 1.29 is 31.8 Å². The van der Waals surface area contributed by atoms with Crippen LogP contribution in [-0.2, 0) is 0 Å². The molecule has 0 saturated heterocycles. The van der Waals surface area contributed by atoms with Gasteiger partial charge in [0, 0.05) is 30.3 Å². The Hall–Kier alpha value is -1.06. The number of hydrogen-bond donors (Lipinski definition) is 1. The van der Waals surface area contributed by atoms with Gasteiger partial charge >= 0.3 is 0 Å². The summed E-state index contributed by atoms with van der Waals surface area (Å²) in [6, 6.07) is 4.31. The summed E-state index contributed by atoms with van der Waals surface area (Å²) in [6.45, 7) is -3.69. The molecule has 20 heavy (non-hydrogen) atoms. The number of aliphatic hydroxyl groups is 1. The molecule has 0 spiro atoms. The monoisotopic (exact) mass is 293 g/mol. The van der Waals surface area contributed by atoms with Crippen molar-refractivity contribution in [2.45, 2.75) is 43.4 Å². The molecule has 2 rings (SSSR count). The van der Waals surface area contributed by atoms with Gasteiger partial charge in [-0.1, -0.05) is 31.3 Å². The van der Waals surface area contributed by atoms with E-state index in [4.69, 9.17) is 26.7 Å². The first-order chi connectivity index (χ1) is 15.7. The van der Waals surface area contributed by atoms with E-state index in [2.05, 4.69) is 0 Å². The number of nitrogens with zero attached hydrogens (tertiary/aromatic N) is 1. The molecule has 1 aromatic carbocycles. The van der Waals surface area contributed by atoms with Gasteiger partial charge in [0.05, 0.1) is 16.8 Å². The van der Waals surface area contributed by atoms with Crippen molar-refractivity contribution in [1.29, 1.82) is 0 Å². The molecule has 1 unspecified atom stereocenters. The molecule has 1 N–H and O–H groups in total. The first kappa shape index (κ1) is 4.72. The molecular weight excluding hydrogens is 250 g/mol. The van der Waals surface area contributed by atoms with Crippen molar-refractivity contribution in [3.63, 3.8) is 0 Å². The molecule has 0 aliphatic heterocycles. The van der Waals surface area contributed by atoms with E-state index in [0.717, 1.165) is 31.3 Å². The fraction of sp³-hybridized carbons (Fsp3) is 0.647. The van der Waals surface area contributed by atoms with Gasteiger partial charge in [0.15, 0.2) is 0 Å². The Balaban J connectivity index is 2.85. The van der Waals surface area contributed by atoms with E-state index in [1.807, 2.05) is 0 Å². The lowest BCUT2D eigenvalue weighted by Crippen LogP contribution is -2.42. The first-order valence-electron chi connectivity index (χ1n) is 13.9. The highest BCUT2D eigenvalue weighted by molar-refractivity contribution is 5.31. The third kappa shape index (κ3) is 3.53. The predicted octanol–water partition coefficient (Wildman–Crippen LogP) is 3.04. The Bertz CT molecular complexity index is 923. The summed E-state index contributed by atoms with van der Waals surface area (Å²) in [6.07, 6.45) is -19.0. The summed E-state index contributed by atoms with van der Waals surface area (Å²) in [7, 11) is -1.79. The SMILES string of the molecule is [2H]C([2H])([2H])Oc1ccc(C(CN(C)C([2H])([2H])[2H])C2(O)C([2H])([2H])C([2H])([2H])C([2H])([2H])C([2H])([2H])C2([2H])[2H])cc1. The van der Waals surface area contributed by atoms with E-state index in [1.54, 1.807) is 0 Å². The maximum Gasteiger partial charge on any atom is 0.118 e. The topological polar surface area (TPSA) is 32.7 Å². The second kappa shape index (κ2) is 6.59. The van der Waals surface area contributed by atoms with Gasteiger partial charge in [-0.3, -0.25) is 0 Å². The quantitative estimate of drug-likeness (QED) is 0.906. The predicted molar refractivity (Wildman–Crippen MR) is 82.3 cm³/mol. The fourth-order valence-electron chi connectivity index (χ4n) is 2.01. The molecular formula is C17H27NO2. The van der Waals surface area contributed by atoms with E-state index in [1.165, 1.54) is 0 Å². The van der Waals surface area contributed by atoms with E-state index >= 15 is 0 Å². The van der Waals surface area contributed by atoms with Gasteiger partial charge in [0.1, 0.15) is 5.75 Å². The van der Waals surface area contributed by atoms with Gasteiger partial charge in [-0.25, -0.2) is 0 Å². The van der Waals surface area contributed by atoms with Crippen LogP contribution in [0.4, 0.5) is 0 Å². The maximum absolute atomic E-state index is 11.8. The molecule has 0 heterocycles. The highest BCUT2D eigenvalue weighted by atomic mass is 16.5. The van der Waals surface area contributed by atoms with Crippen molar-refractivity contribution >= 4 is 0 Å². The zero-order chi connectivity index (χ0) is 28.6. The normalized spacial score (nSPS) is 45.5. The third-order valence-corrected chi connectivity index (χ3v) is 2.99. The molecule has 1 aliphatic rings. The molecule has 0 amide bonds. The fourth-order valence-corrected chi connectivity index (χ4v) is 2.01. The third-order valence-electron chi connectivity index (χ3n) is 2.99. The van der Waals surface area contributed by atoms with Gasteiger partial charge in [-0.2, -0.15) is 0 Å². The highest BCUT2D eigenvalue weighted by Gasteiger charge is 2.38. The molecule has 3 heteroatoms. The summed E-state index contributed by atoms with van der Waals surface area (Å²) in [5.41, 5.74) is -3.88. The van der Waals surface area contributed by atoms with Crippen molar-refractivity contribution in [1.82, 2.24) is 4.90 Å². The van der Waals surface area contributed by atoms with Crippen molar-refractivity contribution in [3.05, 3.63) is 29.8 Å². The molecule has 112 valence electrons. The molecule has 1 aliphatic carbocycles. The number of benzene rings is 1. The van der Waals surface area contributed by atoms with Crippen LogP contribution in [0.5, 0.6) is 5.75 Å². The number of ether oxygens (including phenoxy) is 1. The van der Waals surface area contributed by atoms with Gasteiger partial charge in [0.25, 0.3) is 0 Å². The van der Waals surface area contributed by atoms with Crippen LogP contribution in [0.3, 0.4) is 0 Å². The zero-order valence-electron chi connectivity index (χ0n) is 26.9. The van der Waals surface area contributed by atoms with Gasteiger partial charge < -0.3 is 14.7 Å². The van der Waals surface area contributed by atoms with E-state index in [9.17, 15) is 5.11 Å². The minimum atomic E-state index is -3.81. The maximum atomic E-state index is 11.8. The lowest BCUT2D eigenvalue weighted by atomic mass is 9.72. The van der Waals surface area contributed by atoms with Gasteiger partial charge in [0.2, 0.25) is 0 Å². The van der Waals surface area contributed by atoms with Crippen LogP contribution in [0.2, 0.25) is 0 Å². The standard InChI is InChI=1S/C17H27NO2/c1-18(2)13-16(17(19)11-5-4-6-12-17)14-7-9-15(20-3)10-8-14/h7-10,16,19H,4-6,11-13H2,1-3H3/i1D3,3D3,4D2,5D2,6D2,11D2,12D2. The summed E-state index contributed by atoms with van der Waals surface area (Å²) in [5, 5.41) is 11.8. The summed E-state index contributed by atoms with van der Waals surface area (Å²) >= 11 is 0. The van der Waals surface area contributed by atoms with Gasteiger partial charge in [-0.15, -0.1) is 0 Å². The van der Waals surface area contributed by atoms with Crippen LogP contribution >= 0.6 is 0 Å². The molecule has 0 aromatic heterocycles. The molecule has 1 atom stereocenters. The zero-order valence-corrected chi connectivity index (χ0v) is 10.9. The van der Waals surface area contributed by atoms with E-state index < -0.39 is 63.9 Å². The summed E-state index contributed by atoms with van der Waals surface area (Å²) in [5.74, 6) is -2.19. The lowest BCUT2D eigenvalue weighted by Gasteiger charge is -2.40. The second-order valence-electron chi connectivity index (χ2n) is 4.50. The van der Waals surface area contributed by atoms with Crippen LogP contribution < -0.4 is 4.74 Å². The Morgan fingerprint density at radius 1 is 1.35 bits per heavy atom. The number of hydrogen-bond acceptors (Lipinski definition) is 3. The van der Waals surface area contributed by atoms with E-state index in [-0.39, 0.29) is 11.3 Å². The molecule has 1 fully saturated rings. The average molecular weight is 294 g/mol. The average Bonchev–Trinajstić information content (AvgIpc) is 2.68. The highest BCUT2D eigenvalue weighted by Crippen LogP contribution is 2.40. The second-order valence-corrected chi connectivity index (χ2v) is 4.50. The van der Waals surface area contributed by atoms with Crippen LogP contribution in [0.1, 0.15) is 65.3 Å².